The fraction of sp³-hybridized carbons (Fsp3) is 0.500. The van der Waals surface area contributed by atoms with Crippen molar-refractivity contribution in [1.82, 2.24) is 0 Å². The Bertz CT molecular complexity index is 410. The average Bonchev–Trinajstić information content (AvgIpc) is 2.27. The standard InChI is InChI=1S/C14H21NO3/c1-14(2,3)13(17)18-9-8-15(4)11-6-5-7-12(16)10-11/h5-7,10,16H,8-9H2,1-4H3. The Balaban J connectivity index is 2.43. The molecular weight excluding hydrogens is 230 g/mol. The molecular formula is C14H21NO3. The third kappa shape index (κ3) is 4.28. The molecule has 0 unspecified atom stereocenters. The molecule has 0 aliphatic carbocycles. The number of carbonyl (C=O) groups excluding carboxylic acids is 1. The molecule has 0 aromatic heterocycles. The molecule has 0 bridgehead atoms. The number of aromatic hydroxyl groups is 1. The number of phenolic OH excluding ortho intramolecular Hbond substituents is 1. The van der Waals surface area contributed by atoms with Crippen LogP contribution in [0.1, 0.15) is 20.8 Å². The smallest absolute Gasteiger partial charge is 0.311 e. The maximum atomic E-state index is 11.6. The number of ether oxygens (including phenoxy) is 1. The number of hydrogen-bond acceptors (Lipinski definition) is 4. The second-order valence-corrected chi connectivity index (χ2v) is 5.33. The predicted molar refractivity (Wildman–Crippen MR) is 71.8 cm³/mol. The molecule has 1 aromatic carbocycles. The van der Waals surface area contributed by atoms with Crippen molar-refractivity contribution < 1.29 is 14.6 Å². The topological polar surface area (TPSA) is 49.8 Å². The summed E-state index contributed by atoms with van der Waals surface area (Å²) in [6.07, 6.45) is 0. The highest BCUT2D eigenvalue weighted by atomic mass is 16.5. The summed E-state index contributed by atoms with van der Waals surface area (Å²) in [6.45, 7) is 6.41. The van der Waals surface area contributed by atoms with Gasteiger partial charge >= 0.3 is 5.97 Å². The molecule has 0 aliphatic heterocycles. The molecule has 1 rings (SSSR count). The molecule has 4 heteroatoms. The van der Waals surface area contributed by atoms with E-state index in [1.165, 1.54) is 0 Å². The molecule has 0 heterocycles. The molecule has 0 amide bonds. The van der Waals surface area contributed by atoms with Crippen molar-refractivity contribution in [3.63, 3.8) is 0 Å². The largest absolute Gasteiger partial charge is 0.508 e. The summed E-state index contributed by atoms with van der Waals surface area (Å²) in [4.78, 5) is 13.5. The summed E-state index contributed by atoms with van der Waals surface area (Å²) < 4.78 is 5.19. The Morgan fingerprint density at radius 1 is 1.39 bits per heavy atom. The van der Waals surface area contributed by atoms with Gasteiger partial charge in [-0.3, -0.25) is 4.79 Å². The summed E-state index contributed by atoms with van der Waals surface area (Å²) in [5.74, 6) is 0.0258. The molecule has 0 radical (unpaired) electrons. The maximum Gasteiger partial charge on any atom is 0.311 e. The Morgan fingerprint density at radius 2 is 2.06 bits per heavy atom. The molecule has 1 aromatic rings. The van der Waals surface area contributed by atoms with Gasteiger partial charge in [0.25, 0.3) is 0 Å². The van der Waals surface area contributed by atoms with Gasteiger partial charge in [-0.1, -0.05) is 6.07 Å². The fourth-order valence-electron chi connectivity index (χ4n) is 1.35. The van der Waals surface area contributed by atoms with Crippen LogP contribution in [0.5, 0.6) is 5.75 Å². The van der Waals surface area contributed by atoms with E-state index in [1.54, 1.807) is 18.2 Å². The highest BCUT2D eigenvalue weighted by Gasteiger charge is 2.22. The molecule has 0 atom stereocenters. The monoisotopic (exact) mass is 251 g/mol. The fourth-order valence-corrected chi connectivity index (χ4v) is 1.35. The van der Waals surface area contributed by atoms with E-state index in [9.17, 15) is 9.90 Å². The number of hydrogen-bond donors (Lipinski definition) is 1. The molecule has 18 heavy (non-hydrogen) atoms. The highest BCUT2D eigenvalue weighted by Crippen LogP contribution is 2.19. The van der Waals surface area contributed by atoms with Crippen LogP contribution in [0.4, 0.5) is 5.69 Å². The lowest BCUT2D eigenvalue weighted by molar-refractivity contribution is -0.152. The zero-order chi connectivity index (χ0) is 13.8. The quantitative estimate of drug-likeness (QED) is 0.835. The first-order valence-corrected chi connectivity index (χ1v) is 5.98. The summed E-state index contributed by atoms with van der Waals surface area (Å²) in [6, 6.07) is 6.97. The SMILES string of the molecule is CN(CCOC(=O)C(C)(C)C)c1cccc(O)c1. The van der Waals surface area contributed by atoms with Crippen LogP contribution in [0.3, 0.4) is 0 Å². The zero-order valence-corrected chi connectivity index (χ0v) is 11.4. The van der Waals surface area contributed by atoms with Crippen LogP contribution in [-0.2, 0) is 9.53 Å². The van der Waals surface area contributed by atoms with Gasteiger partial charge in [-0.15, -0.1) is 0 Å². The van der Waals surface area contributed by atoms with Gasteiger partial charge in [0.15, 0.2) is 0 Å². The zero-order valence-electron chi connectivity index (χ0n) is 11.4. The van der Waals surface area contributed by atoms with Gasteiger partial charge in [-0.05, 0) is 32.9 Å². The number of nitrogens with zero attached hydrogens (tertiary/aromatic N) is 1. The van der Waals surface area contributed by atoms with Crippen LogP contribution in [0.2, 0.25) is 0 Å². The van der Waals surface area contributed by atoms with E-state index < -0.39 is 5.41 Å². The second-order valence-electron chi connectivity index (χ2n) is 5.33. The Kier molecular flexibility index (Phi) is 4.59. The van der Waals surface area contributed by atoms with Crippen LogP contribution < -0.4 is 4.90 Å². The van der Waals surface area contributed by atoms with Crippen molar-refractivity contribution in [1.29, 1.82) is 0 Å². The van der Waals surface area contributed by atoms with E-state index in [0.717, 1.165) is 5.69 Å². The van der Waals surface area contributed by atoms with Gasteiger partial charge in [0.05, 0.1) is 12.0 Å². The number of phenols is 1. The van der Waals surface area contributed by atoms with Crippen molar-refractivity contribution in [2.75, 3.05) is 25.1 Å². The minimum atomic E-state index is -0.469. The van der Waals surface area contributed by atoms with Gasteiger partial charge in [0.1, 0.15) is 12.4 Å². The van der Waals surface area contributed by atoms with E-state index in [2.05, 4.69) is 0 Å². The molecule has 4 nitrogen and oxygen atoms in total. The van der Waals surface area contributed by atoms with Crippen LogP contribution >= 0.6 is 0 Å². The van der Waals surface area contributed by atoms with E-state index >= 15 is 0 Å². The van der Waals surface area contributed by atoms with Gasteiger partial charge in [-0.2, -0.15) is 0 Å². The van der Waals surface area contributed by atoms with Crippen molar-refractivity contribution in [2.45, 2.75) is 20.8 Å². The number of anilines is 1. The van der Waals surface area contributed by atoms with E-state index in [4.69, 9.17) is 4.74 Å². The number of likely N-dealkylation sites (N-methyl/N-ethyl adjacent to an activating group) is 1. The molecule has 0 saturated carbocycles. The lowest BCUT2D eigenvalue weighted by atomic mass is 9.97. The van der Waals surface area contributed by atoms with Crippen molar-refractivity contribution in [3.8, 4) is 5.75 Å². The third-order valence-electron chi connectivity index (χ3n) is 2.54. The molecule has 0 fully saturated rings. The van der Waals surface area contributed by atoms with E-state index in [-0.39, 0.29) is 11.7 Å². The minimum absolute atomic E-state index is 0.202. The van der Waals surface area contributed by atoms with E-state index in [1.807, 2.05) is 38.8 Å². The first-order valence-electron chi connectivity index (χ1n) is 5.98. The van der Waals surface area contributed by atoms with Crippen molar-refractivity contribution in [2.24, 2.45) is 5.41 Å². The maximum absolute atomic E-state index is 11.6. The molecule has 0 saturated heterocycles. The van der Waals surface area contributed by atoms with Crippen LogP contribution in [-0.4, -0.2) is 31.3 Å². The van der Waals surface area contributed by atoms with Gasteiger partial charge in [0.2, 0.25) is 0 Å². The first-order chi connectivity index (χ1) is 8.30. The lowest BCUT2D eigenvalue weighted by Crippen LogP contribution is -2.28. The predicted octanol–water partition coefficient (Wildman–Crippen LogP) is 2.42. The van der Waals surface area contributed by atoms with E-state index in [0.29, 0.717) is 13.2 Å². The van der Waals surface area contributed by atoms with Crippen molar-refractivity contribution >= 4 is 11.7 Å². The molecule has 0 spiro atoms. The van der Waals surface area contributed by atoms with Gasteiger partial charge in [0, 0.05) is 18.8 Å². The number of carbonyl (C=O) groups is 1. The lowest BCUT2D eigenvalue weighted by Gasteiger charge is -2.21. The summed E-state index contributed by atoms with van der Waals surface area (Å²) in [7, 11) is 1.89. The van der Waals surface area contributed by atoms with Crippen LogP contribution in [0.15, 0.2) is 24.3 Å². The summed E-state index contributed by atoms with van der Waals surface area (Å²) >= 11 is 0. The number of benzene rings is 1. The Morgan fingerprint density at radius 3 is 2.61 bits per heavy atom. The number of esters is 1. The van der Waals surface area contributed by atoms with Crippen LogP contribution in [0, 0.1) is 5.41 Å². The third-order valence-corrected chi connectivity index (χ3v) is 2.54. The molecule has 0 aliphatic rings. The molecule has 100 valence electrons. The van der Waals surface area contributed by atoms with Crippen molar-refractivity contribution in [3.05, 3.63) is 24.3 Å². The summed E-state index contributed by atoms with van der Waals surface area (Å²) in [5.41, 5.74) is 0.422. The second kappa shape index (κ2) is 5.76. The Labute approximate surface area is 108 Å². The van der Waals surface area contributed by atoms with Gasteiger partial charge < -0.3 is 14.7 Å². The normalized spacial score (nSPS) is 11.1. The van der Waals surface area contributed by atoms with Crippen LogP contribution in [0.25, 0.3) is 0 Å². The first kappa shape index (κ1) is 14.4. The van der Waals surface area contributed by atoms with Gasteiger partial charge in [-0.25, -0.2) is 0 Å². The molecule has 1 N–H and O–H groups in total. The number of rotatable bonds is 4. The minimum Gasteiger partial charge on any atom is -0.508 e. The highest BCUT2D eigenvalue weighted by molar-refractivity contribution is 5.75. The average molecular weight is 251 g/mol. The Hall–Kier alpha value is -1.71. The summed E-state index contributed by atoms with van der Waals surface area (Å²) in [5, 5.41) is 9.37.